The van der Waals surface area contributed by atoms with Crippen molar-refractivity contribution in [2.75, 3.05) is 7.11 Å². The minimum Gasteiger partial charge on any atom is -0.487 e. The second-order valence-corrected chi connectivity index (χ2v) is 5.20. The Kier molecular flexibility index (Phi) is 3.21. The third-order valence-electron chi connectivity index (χ3n) is 3.06. The first-order chi connectivity index (χ1) is 9.33. The Morgan fingerprint density at radius 2 is 2.32 bits per heavy atom. The van der Waals surface area contributed by atoms with E-state index in [-0.39, 0.29) is 0 Å². The summed E-state index contributed by atoms with van der Waals surface area (Å²) in [6, 6.07) is 1.91. The smallest absolute Gasteiger partial charge is 0.184 e. The van der Waals surface area contributed by atoms with Gasteiger partial charge in [0.1, 0.15) is 5.82 Å². The van der Waals surface area contributed by atoms with E-state index < -0.39 is 0 Å². The van der Waals surface area contributed by atoms with Crippen LogP contribution in [0, 0.1) is 0 Å². The van der Waals surface area contributed by atoms with Crippen molar-refractivity contribution in [1.29, 1.82) is 0 Å². The summed E-state index contributed by atoms with van der Waals surface area (Å²) in [5.41, 5.74) is 4.26. The molecule has 0 aromatic carbocycles. The lowest BCUT2D eigenvalue weighted by molar-refractivity contribution is 0.428. The van der Waals surface area contributed by atoms with Gasteiger partial charge in [-0.15, -0.1) is 11.3 Å². The molecule has 3 rings (SSSR count). The zero-order valence-electron chi connectivity index (χ0n) is 10.9. The van der Waals surface area contributed by atoms with Crippen molar-refractivity contribution in [3.63, 3.8) is 0 Å². The lowest BCUT2D eigenvalue weighted by atomic mass is 10.1. The van der Waals surface area contributed by atoms with Crippen LogP contribution in [0.25, 0.3) is 22.4 Å². The van der Waals surface area contributed by atoms with E-state index in [9.17, 15) is 0 Å². The molecule has 98 valence electrons. The topological polar surface area (TPSA) is 50.8 Å². The molecule has 0 aliphatic heterocycles. The molecule has 0 aliphatic rings. The number of aromatic nitrogens is 3. The van der Waals surface area contributed by atoms with Gasteiger partial charge in [0, 0.05) is 6.20 Å². The van der Waals surface area contributed by atoms with Crippen molar-refractivity contribution >= 4 is 22.4 Å². The number of aromatic amines is 1. The number of rotatable bonds is 4. The predicted octanol–water partition coefficient (Wildman–Crippen LogP) is 3.65. The van der Waals surface area contributed by atoms with Crippen molar-refractivity contribution in [1.82, 2.24) is 15.0 Å². The van der Waals surface area contributed by atoms with E-state index in [1.165, 1.54) is 5.56 Å². The molecule has 3 aromatic heterocycles. The third-order valence-corrected chi connectivity index (χ3v) is 4.05. The molecule has 3 heterocycles. The van der Waals surface area contributed by atoms with Gasteiger partial charge in [0.25, 0.3) is 0 Å². The van der Waals surface area contributed by atoms with Crippen LogP contribution in [0.1, 0.15) is 18.9 Å². The van der Waals surface area contributed by atoms with Gasteiger partial charge in [0.2, 0.25) is 0 Å². The summed E-state index contributed by atoms with van der Waals surface area (Å²) >= 11 is 1.62. The highest BCUT2D eigenvalue weighted by Crippen LogP contribution is 2.38. The Morgan fingerprint density at radius 1 is 1.42 bits per heavy atom. The molecule has 0 radical (unpaired) electrons. The van der Waals surface area contributed by atoms with Crippen LogP contribution in [0.3, 0.4) is 0 Å². The molecule has 0 fully saturated rings. The number of nitrogens with one attached hydrogen (secondary N) is 1. The highest BCUT2D eigenvalue weighted by molar-refractivity contribution is 7.12. The van der Waals surface area contributed by atoms with Crippen LogP contribution in [0.15, 0.2) is 23.8 Å². The number of ether oxygens (including phenoxy) is 1. The minimum absolute atomic E-state index is 0.865. The molecule has 0 saturated carbocycles. The number of hydrogen-bond donors (Lipinski definition) is 1. The van der Waals surface area contributed by atoms with Gasteiger partial charge in [-0.1, -0.05) is 13.3 Å². The number of methoxy groups -OCH3 is 1. The van der Waals surface area contributed by atoms with Gasteiger partial charge in [0.15, 0.2) is 5.06 Å². The van der Waals surface area contributed by atoms with E-state index in [0.29, 0.717) is 0 Å². The molecular formula is C14H15N3OS. The highest BCUT2D eigenvalue weighted by atomic mass is 32.1. The summed E-state index contributed by atoms with van der Waals surface area (Å²) in [6.45, 7) is 2.18. The van der Waals surface area contributed by atoms with Gasteiger partial charge >= 0.3 is 0 Å². The number of fused-ring (bicyclic) bond motifs is 1. The van der Waals surface area contributed by atoms with Gasteiger partial charge in [0.05, 0.1) is 29.9 Å². The number of pyridine rings is 1. The fourth-order valence-electron chi connectivity index (χ4n) is 2.20. The number of imidazole rings is 1. The van der Waals surface area contributed by atoms with Crippen molar-refractivity contribution in [3.8, 4) is 16.5 Å². The van der Waals surface area contributed by atoms with Gasteiger partial charge in [-0.05, 0) is 23.4 Å². The van der Waals surface area contributed by atoms with E-state index in [1.54, 1.807) is 30.8 Å². The monoisotopic (exact) mass is 273 g/mol. The molecule has 3 aromatic rings. The molecule has 5 heteroatoms. The van der Waals surface area contributed by atoms with E-state index in [0.717, 1.165) is 40.3 Å². The molecular weight excluding hydrogens is 258 g/mol. The van der Waals surface area contributed by atoms with E-state index >= 15 is 0 Å². The quantitative estimate of drug-likeness (QED) is 0.789. The molecule has 0 spiro atoms. The van der Waals surface area contributed by atoms with Crippen molar-refractivity contribution in [2.45, 2.75) is 19.8 Å². The predicted molar refractivity (Wildman–Crippen MR) is 77.7 cm³/mol. The number of hydrogen-bond acceptors (Lipinski definition) is 4. The van der Waals surface area contributed by atoms with Crippen LogP contribution in [0.4, 0.5) is 0 Å². The number of H-pyrrole nitrogens is 1. The zero-order chi connectivity index (χ0) is 13.2. The Morgan fingerprint density at radius 3 is 3.05 bits per heavy atom. The van der Waals surface area contributed by atoms with Gasteiger partial charge in [-0.2, -0.15) is 0 Å². The molecule has 19 heavy (non-hydrogen) atoms. The highest BCUT2D eigenvalue weighted by Gasteiger charge is 2.17. The fourth-order valence-corrected chi connectivity index (χ4v) is 3.13. The average molecular weight is 273 g/mol. The summed E-state index contributed by atoms with van der Waals surface area (Å²) in [5, 5.41) is 3.07. The molecule has 0 unspecified atom stereocenters. The Bertz CT molecular complexity index is 669. The zero-order valence-corrected chi connectivity index (χ0v) is 11.8. The van der Waals surface area contributed by atoms with Crippen molar-refractivity contribution < 1.29 is 4.74 Å². The van der Waals surface area contributed by atoms with Crippen molar-refractivity contribution in [3.05, 3.63) is 29.4 Å². The Labute approximate surface area is 115 Å². The molecule has 1 N–H and O–H groups in total. The van der Waals surface area contributed by atoms with Crippen LogP contribution in [-0.2, 0) is 6.42 Å². The lowest BCUT2D eigenvalue weighted by Gasteiger charge is -2.02. The Balaban J connectivity index is 2.16. The lowest BCUT2D eigenvalue weighted by Crippen LogP contribution is -1.89. The molecule has 0 atom stereocenters. The van der Waals surface area contributed by atoms with Crippen LogP contribution in [0.2, 0.25) is 0 Å². The summed E-state index contributed by atoms with van der Waals surface area (Å²) in [6.07, 6.45) is 5.69. The normalized spacial score (nSPS) is 11.1. The van der Waals surface area contributed by atoms with Gasteiger partial charge in [-0.3, -0.25) is 4.98 Å². The molecule has 4 nitrogen and oxygen atoms in total. The summed E-state index contributed by atoms with van der Waals surface area (Å²) in [7, 11) is 1.70. The SMILES string of the molecule is CCCc1csc(OC)c1-c1nc2ccncc2[nH]1. The first-order valence-electron chi connectivity index (χ1n) is 6.28. The molecule has 0 bridgehead atoms. The first-order valence-corrected chi connectivity index (χ1v) is 7.16. The first kappa shape index (κ1) is 12.2. The van der Waals surface area contributed by atoms with E-state index in [1.807, 2.05) is 6.07 Å². The second-order valence-electron chi connectivity index (χ2n) is 4.36. The minimum atomic E-state index is 0.865. The van der Waals surface area contributed by atoms with Crippen molar-refractivity contribution in [2.24, 2.45) is 0 Å². The molecule has 0 aliphatic carbocycles. The summed E-state index contributed by atoms with van der Waals surface area (Å²) < 4.78 is 5.47. The second kappa shape index (κ2) is 5.01. The van der Waals surface area contributed by atoms with E-state index in [4.69, 9.17) is 4.74 Å². The van der Waals surface area contributed by atoms with Crippen LogP contribution in [0.5, 0.6) is 5.06 Å². The maximum atomic E-state index is 5.47. The summed E-state index contributed by atoms with van der Waals surface area (Å²) in [4.78, 5) is 12.1. The number of aryl methyl sites for hydroxylation is 1. The molecule has 0 amide bonds. The number of thiophene rings is 1. The van der Waals surface area contributed by atoms with Crippen LogP contribution in [-0.4, -0.2) is 22.1 Å². The average Bonchev–Trinajstić information content (AvgIpc) is 3.01. The largest absolute Gasteiger partial charge is 0.487 e. The van der Waals surface area contributed by atoms with Gasteiger partial charge < -0.3 is 9.72 Å². The van der Waals surface area contributed by atoms with Crippen LogP contribution < -0.4 is 4.74 Å². The molecule has 0 saturated heterocycles. The third kappa shape index (κ3) is 2.10. The van der Waals surface area contributed by atoms with E-state index in [2.05, 4.69) is 27.3 Å². The van der Waals surface area contributed by atoms with Gasteiger partial charge in [-0.25, -0.2) is 4.98 Å². The maximum absolute atomic E-state index is 5.47. The Hall–Kier alpha value is -1.88. The van der Waals surface area contributed by atoms with Crippen LogP contribution >= 0.6 is 11.3 Å². The standard InChI is InChI=1S/C14H15N3OS/c1-3-4-9-8-19-14(18-2)12(9)13-16-10-5-6-15-7-11(10)17-13/h5-8H,3-4H2,1-2H3,(H,16,17). The number of nitrogens with zero attached hydrogens (tertiary/aromatic N) is 2. The summed E-state index contributed by atoms with van der Waals surface area (Å²) in [5.74, 6) is 0.865. The fraction of sp³-hybridized carbons (Fsp3) is 0.286. The maximum Gasteiger partial charge on any atom is 0.184 e.